The van der Waals surface area contributed by atoms with E-state index in [1.54, 1.807) is 6.26 Å². The predicted molar refractivity (Wildman–Crippen MR) is 35.9 cm³/mol. The lowest BCUT2D eigenvalue weighted by Crippen LogP contribution is -1.75. The van der Waals surface area contributed by atoms with Gasteiger partial charge in [0.1, 0.15) is 12.0 Å². The molecule has 0 fully saturated rings. The molecule has 0 N–H and O–H groups in total. The molecule has 0 unspecified atom stereocenters. The van der Waals surface area contributed by atoms with Crippen LogP contribution in [0.3, 0.4) is 0 Å². The third-order valence-corrected chi connectivity index (χ3v) is 1.06. The van der Waals surface area contributed by atoms with E-state index in [-0.39, 0.29) is 0 Å². The lowest BCUT2D eigenvalue weighted by Gasteiger charge is -1.84. The molecule has 2 heteroatoms. The van der Waals surface area contributed by atoms with Crippen molar-refractivity contribution in [3.63, 3.8) is 0 Å². The Morgan fingerprint density at radius 1 is 1.78 bits per heavy atom. The van der Waals surface area contributed by atoms with E-state index in [1.807, 2.05) is 13.8 Å². The van der Waals surface area contributed by atoms with Crippen LogP contribution < -0.4 is 0 Å². The molecule has 1 rings (SSSR count). The smallest absolute Gasteiger partial charge is 0.191 e. The number of hydrogen-bond donors (Lipinski definition) is 0. The number of allylic oxidation sites excluding steroid dienone is 1. The van der Waals surface area contributed by atoms with Gasteiger partial charge in [-0.3, -0.25) is 0 Å². The molecule has 1 aromatic heterocycles. The summed E-state index contributed by atoms with van der Waals surface area (Å²) < 4.78 is 4.95. The minimum absolute atomic E-state index is 0.688. The van der Waals surface area contributed by atoms with E-state index in [0.717, 1.165) is 11.3 Å². The standard InChI is InChI=1S/C7H9NO/c1-5(2)7-4-9-6(3)8-7/h4H,1H2,2-3H3. The van der Waals surface area contributed by atoms with E-state index in [1.165, 1.54) is 0 Å². The average Bonchev–Trinajstić information content (AvgIpc) is 2.14. The third kappa shape index (κ3) is 1.19. The average molecular weight is 123 g/mol. The summed E-state index contributed by atoms with van der Waals surface area (Å²) in [6.45, 7) is 7.43. The maximum atomic E-state index is 4.95. The summed E-state index contributed by atoms with van der Waals surface area (Å²) in [5, 5.41) is 0. The van der Waals surface area contributed by atoms with Crippen LogP contribution in [0.25, 0.3) is 5.57 Å². The summed E-state index contributed by atoms with van der Waals surface area (Å²) in [6.07, 6.45) is 1.61. The van der Waals surface area contributed by atoms with Crippen molar-refractivity contribution >= 4 is 5.57 Å². The summed E-state index contributed by atoms with van der Waals surface area (Å²) in [5.74, 6) is 0.688. The first-order valence-electron chi connectivity index (χ1n) is 2.78. The Hall–Kier alpha value is -1.05. The number of hydrogen-bond acceptors (Lipinski definition) is 2. The predicted octanol–water partition coefficient (Wildman–Crippen LogP) is 2.02. The second-order valence-corrected chi connectivity index (χ2v) is 2.03. The number of aromatic nitrogens is 1. The molecule has 1 aromatic rings. The third-order valence-electron chi connectivity index (χ3n) is 1.06. The van der Waals surface area contributed by atoms with Crippen LogP contribution in [-0.4, -0.2) is 4.98 Å². The van der Waals surface area contributed by atoms with Crippen molar-refractivity contribution in [2.24, 2.45) is 0 Å². The first kappa shape index (κ1) is 6.08. The zero-order valence-corrected chi connectivity index (χ0v) is 5.64. The second kappa shape index (κ2) is 2.05. The van der Waals surface area contributed by atoms with Crippen LogP contribution in [0.5, 0.6) is 0 Å². The maximum Gasteiger partial charge on any atom is 0.191 e. The van der Waals surface area contributed by atoms with Gasteiger partial charge in [0.05, 0.1) is 0 Å². The molecule has 2 nitrogen and oxygen atoms in total. The van der Waals surface area contributed by atoms with Crippen molar-refractivity contribution in [2.45, 2.75) is 13.8 Å². The molecule has 0 spiro atoms. The number of aryl methyl sites for hydroxylation is 1. The molecule has 0 aliphatic rings. The zero-order chi connectivity index (χ0) is 6.85. The van der Waals surface area contributed by atoms with Crippen LogP contribution in [0.15, 0.2) is 17.3 Å². The van der Waals surface area contributed by atoms with Crippen molar-refractivity contribution in [3.05, 3.63) is 24.4 Å². The Morgan fingerprint density at radius 3 is 2.67 bits per heavy atom. The fraction of sp³-hybridized carbons (Fsp3) is 0.286. The van der Waals surface area contributed by atoms with Gasteiger partial charge in [-0.25, -0.2) is 4.98 Å². The van der Waals surface area contributed by atoms with Crippen LogP contribution in [0.4, 0.5) is 0 Å². The topological polar surface area (TPSA) is 26.0 Å². The highest BCUT2D eigenvalue weighted by molar-refractivity contribution is 5.56. The van der Waals surface area contributed by atoms with Crippen molar-refractivity contribution in [1.29, 1.82) is 0 Å². The lowest BCUT2D eigenvalue weighted by molar-refractivity contribution is 0.521. The van der Waals surface area contributed by atoms with Gasteiger partial charge in [-0.15, -0.1) is 0 Å². The zero-order valence-electron chi connectivity index (χ0n) is 5.64. The summed E-state index contributed by atoms with van der Waals surface area (Å²) in [5.41, 5.74) is 1.78. The minimum Gasteiger partial charge on any atom is -0.449 e. The van der Waals surface area contributed by atoms with Crippen LogP contribution in [0.2, 0.25) is 0 Å². The molecule has 1 heterocycles. The summed E-state index contributed by atoms with van der Waals surface area (Å²) >= 11 is 0. The summed E-state index contributed by atoms with van der Waals surface area (Å²) in [7, 11) is 0. The van der Waals surface area contributed by atoms with Gasteiger partial charge in [-0.1, -0.05) is 6.58 Å². The quantitative estimate of drug-likeness (QED) is 0.571. The molecule has 0 saturated carbocycles. The lowest BCUT2D eigenvalue weighted by atomic mass is 10.3. The molecule has 0 aliphatic heterocycles. The number of oxazole rings is 1. The van der Waals surface area contributed by atoms with Crippen molar-refractivity contribution in [1.82, 2.24) is 4.98 Å². The van der Waals surface area contributed by atoms with E-state index < -0.39 is 0 Å². The highest BCUT2D eigenvalue weighted by Gasteiger charge is 1.97. The molecular formula is C7H9NO. The van der Waals surface area contributed by atoms with Gasteiger partial charge in [0.25, 0.3) is 0 Å². The Balaban J connectivity index is 2.98. The van der Waals surface area contributed by atoms with E-state index in [2.05, 4.69) is 11.6 Å². The van der Waals surface area contributed by atoms with Crippen LogP contribution >= 0.6 is 0 Å². The Labute approximate surface area is 54.2 Å². The second-order valence-electron chi connectivity index (χ2n) is 2.03. The van der Waals surface area contributed by atoms with Crippen LogP contribution in [0.1, 0.15) is 18.5 Å². The molecule has 9 heavy (non-hydrogen) atoms. The molecule has 0 amide bonds. The van der Waals surface area contributed by atoms with E-state index in [0.29, 0.717) is 5.89 Å². The normalized spacial score (nSPS) is 9.56. The molecule has 0 radical (unpaired) electrons. The Kier molecular flexibility index (Phi) is 1.39. The Bertz CT molecular complexity index is 225. The minimum atomic E-state index is 0.688. The van der Waals surface area contributed by atoms with Gasteiger partial charge in [0.2, 0.25) is 0 Å². The molecule has 0 bridgehead atoms. The van der Waals surface area contributed by atoms with Gasteiger partial charge in [-0.05, 0) is 12.5 Å². The fourth-order valence-corrected chi connectivity index (χ4v) is 0.559. The first-order chi connectivity index (χ1) is 4.20. The van der Waals surface area contributed by atoms with Gasteiger partial charge < -0.3 is 4.42 Å². The molecule has 0 aromatic carbocycles. The highest BCUT2D eigenvalue weighted by Crippen LogP contribution is 2.08. The monoisotopic (exact) mass is 123 g/mol. The van der Waals surface area contributed by atoms with Crippen molar-refractivity contribution < 1.29 is 4.42 Å². The largest absolute Gasteiger partial charge is 0.449 e. The van der Waals surface area contributed by atoms with Gasteiger partial charge in [-0.2, -0.15) is 0 Å². The van der Waals surface area contributed by atoms with Crippen LogP contribution in [0, 0.1) is 6.92 Å². The summed E-state index contributed by atoms with van der Waals surface area (Å²) in [6, 6.07) is 0. The van der Waals surface area contributed by atoms with Crippen LogP contribution in [-0.2, 0) is 0 Å². The Morgan fingerprint density at radius 2 is 2.44 bits per heavy atom. The van der Waals surface area contributed by atoms with Gasteiger partial charge >= 0.3 is 0 Å². The fourth-order valence-electron chi connectivity index (χ4n) is 0.559. The molecule has 48 valence electrons. The van der Waals surface area contributed by atoms with Crippen molar-refractivity contribution in [2.75, 3.05) is 0 Å². The first-order valence-corrected chi connectivity index (χ1v) is 2.78. The molecule has 0 aliphatic carbocycles. The number of nitrogens with zero attached hydrogens (tertiary/aromatic N) is 1. The van der Waals surface area contributed by atoms with Crippen molar-refractivity contribution in [3.8, 4) is 0 Å². The molecule has 0 atom stereocenters. The number of rotatable bonds is 1. The van der Waals surface area contributed by atoms with E-state index in [9.17, 15) is 0 Å². The van der Waals surface area contributed by atoms with E-state index in [4.69, 9.17) is 4.42 Å². The molecule has 0 saturated heterocycles. The summed E-state index contributed by atoms with van der Waals surface area (Å²) in [4.78, 5) is 4.04. The van der Waals surface area contributed by atoms with E-state index >= 15 is 0 Å². The highest BCUT2D eigenvalue weighted by atomic mass is 16.3. The SMILES string of the molecule is C=C(C)c1coc(C)n1. The molecular weight excluding hydrogens is 114 g/mol. The van der Waals surface area contributed by atoms with Gasteiger partial charge in [0, 0.05) is 6.92 Å². The maximum absolute atomic E-state index is 4.95. The van der Waals surface area contributed by atoms with Gasteiger partial charge in [0.15, 0.2) is 5.89 Å².